The molecule has 4 rings (SSSR count). The van der Waals surface area contributed by atoms with Crippen LogP contribution in [0.25, 0.3) is 10.9 Å². The van der Waals surface area contributed by atoms with Crippen LogP contribution in [0.5, 0.6) is 5.75 Å². The molecule has 0 radical (unpaired) electrons. The van der Waals surface area contributed by atoms with E-state index in [9.17, 15) is 9.59 Å². The number of aryl methyl sites for hydroxylation is 2. The minimum atomic E-state index is -0.221. The lowest BCUT2D eigenvalue weighted by Crippen LogP contribution is -2.42. The number of hydrogen-bond donors (Lipinski definition) is 1. The Morgan fingerprint density at radius 1 is 1.19 bits per heavy atom. The number of rotatable bonds is 3. The fraction of sp³-hybridized carbons (Fsp3) is 0.333. The number of likely N-dealkylation sites (tertiary alicyclic amines) is 1. The number of pyridine rings is 1. The summed E-state index contributed by atoms with van der Waals surface area (Å²) >= 11 is 0. The van der Waals surface area contributed by atoms with Gasteiger partial charge in [-0.1, -0.05) is 18.2 Å². The van der Waals surface area contributed by atoms with Crippen molar-refractivity contribution in [3.8, 4) is 5.75 Å². The molecule has 1 fully saturated rings. The Hall–Kier alpha value is -3.02. The van der Waals surface area contributed by atoms with Crippen molar-refractivity contribution in [3.05, 3.63) is 64.2 Å². The summed E-state index contributed by atoms with van der Waals surface area (Å²) in [6.07, 6.45) is 5.11. The molecule has 6 heteroatoms. The fourth-order valence-corrected chi connectivity index (χ4v) is 3.85. The highest BCUT2D eigenvalue weighted by Crippen LogP contribution is 2.24. The molecule has 27 heavy (non-hydrogen) atoms. The number of carbonyl (C=O) groups is 1. The van der Waals surface area contributed by atoms with Crippen molar-refractivity contribution in [1.82, 2.24) is 14.5 Å². The molecule has 0 saturated carbocycles. The summed E-state index contributed by atoms with van der Waals surface area (Å²) in [6.45, 7) is 3.17. The summed E-state index contributed by atoms with van der Waals surface area (Å²) < 4.78 is 7.86. The van der Waals surface area contributed by atoms with Gasteiger partial charge in [-0.3, -0.25) is 9.59 Å². The number of piperidine rings is 1. The molecular weight excluding hydrogens is 342 g/mol. The summed E-state index contributed by atoms with van der Waals surface area (Å²) in [5.41, 5.74) is 2.01. The smallest absolute Gasteiger partial charge is 0.258 e. The van der Waals surface area contributed by atoms with E-state index >= 15 is 0 Å². The molecule has 0 atom stereocenters. The maximum atomic E-state index is 13.1. The highest BCUT2D eigenvalue weighted by atomic mass is 16.5. The van der Waals surface area contributed by atoms with Crippen LogP contribution < -0.4 is 10.3 Å². The molecule has 0 aliphatic carbocycles. The van der Waals surface area contributed by atoms with E-state index in [1.807, 2.05) is 53.8 Å². The Morgan fingerprint density at radius 2 is 1.89 bits per heavy atom. The van der Waals surface area contributed by atoms with Crippen molar-refractivity contribution in [1.29, 1.82) is 0 Å². The van der Waals surface area contributed by atoms with E-state index in [-0.39, 0.29) is 17.6 Å². The Labute approximate surface area is 157 Å². The lowest BCUT2D eigenvalue weighted by molar-refractivity contribution is 0.0597. The van der Waals surface area contributed by atoms with Crippen molar-refractivity contribution in [2.45, 2.75) is 25.9 Å². The number of fused-ring (bicyclic) bond motifs is 1. The van der Waals surface area contributed by atoms with Crippen LogP contribution >= 0.6 is 0 Å². The zero-order chi connectivity index (χ0) is 19.0. The van der Waals surface area contributed by atoms with E-state index in [2.05, 4.69) is 4.98 Å². The van der Waals surface area contributed by atoms with Crippen LogP contribution in [0.15, 0.2) is 47.5 Å². The molecular formula is C21H23N3O3. The fourth-order valence-electron chi connectivity index (χ4n) is 3.85. The summed E-state index contributed by atoms with van der Waals surface area (Å²) in [7, 11) is 1.87. The van der Waals surface area contributed by atoms with Gasteiger partial charge < -0.3 is 19.2 Å². The molecule has 1 aliphatic rings. The first-order chi connectivity index (χ1) is 13.0. The van der Waals surface area contributed by atoms with Crippen molar-refractivity contribution >= 4 is 16.8 Å². The van der Waals surface area contributed by atoms with Crippen LogP contribution in [0.1, 0.15) is 28.8 Å². The molecule has 3 aromatic rings. The van der Waals surface area contributed by atoms with E-state index < -0.39 is 0 Å². The lowest BCUT2D eigenvalue weighted by Gasteiger charge is -2.32. The molecule has 140 valence electrons. The molecule has 6 nitrogen and oxygen atoms in total. The zero-order valence-corrected chi connectivity index (χ0v) is 15.6. The van der Waals surface area contributed by atoms with E-state index in [4.69, 9.17) is 4.74 Å². The van der Waals surface area contributed by atoms with Crippen molar-refractivity contribution in [2.75, 3.05) is 13.1 Å². The minimum Gasteiger partial charge on any atom is -0.490 e. The van der Waals surface area contributed by atoms with Crippen LogP contribution in [-0.4, -0.2) is 39.6 Å². The van der Waals surface area contributed by atoms with Gasteiger partial charge >= 0.3 is 0 Å². The SMILES string of the molecule is Cc1c[nH]c(=O)c2c(C(=O)N3CCC(Oc4ccccc4)CC3)cn(C)c12. The highest BCUT2D eigenvalue weighted by Gasteiger charge is 2.27. The second kappa shape index (κ2) is 6.95. The number of nitrogens with one attached hydrogen (secondary N) is 1. The maximum absolute atomic E-state index is 13.1. The van der Waals surface area contributed by atoms with Gasteiger partial charge in [0.1, 0.15) is 11.9 Å². The third-order valence-corrected chi connectivity index (χ3v) is 5.21. The first-order valence-electron chi connectivity index (χ1n) is 9.23. The first kappa shape index (κ1) is 17.4. The Morgan fingerprint density at radius 3 is 2.59 bits per heavy atom. The van der Waals surface area contributed by atoms with Gasteiger partial charge in [0.05, 0.1) is 16.5 Å². The Balaban J connectivity index is 1.51. The second-order valence-electron chi connectivity index (χ2n) is 7.10. The Bertz CT molecular complexity index is 1030. The summed E-state index contributed by atoms with van der Waals surface area (Å²) in [5.74, 6) is 0.771. The van der Waals surface area contributed by atoms with Gasteiger partial charge in [0.15, 0.2) is 0 Å². The van der Waals surface area contributed by atoms with Gasteiger partial charge in [0, 0.05) is 45.4 Å². The van der Waals surface area contributed by atoms with Gasteiger partial charge in [0.2, 0.25) is 0 Å². The number of benzene rings is 1. The standard InChI is InChI=1S/C21H23N3O3/c1-14-12-22-20(25)18-17(13-23(2)19(14)18)21(26)24-10-8-16(9-11-24)27-15-6-4-3-5-7-15/h3-7,12-13,16H,8-11H2,1-2H3,(H,22,25). The molecule has 0 spiro atoms. The second-order valence-corrected chi connectivity index (χ2v) is 7.10. The van der Waals surface area contributed by atoms with E-state index in [0.717, 1.165) is 29.7 Å². The van der Waals surface area contributed by atoms with Gasteiger partial charge in [-0.15, -0.1) is 0 Å². The summed E-state index contributed by atoms with van der Waals surface area (Å²) in [5, 5.41) is 0.477. The molecule has 1 aliphatic heterocycles. The number of H-pyrrole nitrogens is 1. The molecule has 2 aromatic heterocycles. The number of para-hydroxylation sites is 1. The third kappa shape index (κ3) is 3.23. The summed E-state index contributed by atoms with van der Waals surface area (Å²) in [6, 6.07) is 9.76. The number of amides is 1. The number of carbonyl (C=O) groups excluding carboxylic acids is 1. The number of ether oxygens (including phenoxy) is 1. The van der Waals surface area contributed by atoms with Gasteiger partial charge in [0.25, 0.3) is 11.5 Å². The highest BCUT2D eigenvalue weighted by molar-refractivity contribution is 6.07. The minimum absolute atomic E-state index is 0.0881. The largest absolute Gasteiger partial charge is 0.490 e. The predicted octanol–water partition coefficient (Wildman–Crippen LogP) is 2.86. The maximum Gasteiger partial charge on any atom is 0.258 e. The lowest BCUT2D eigenvalue weighted by atomic mass is 10.1. The van der Waals surface area contributed by atoms with Crippen LogP contribution in [0.2, 0.25) is 0 Å². The molecule has 1 amide bonds. The van der Waals surface area contributed by atoms with Gasteiger partial charge in [-0.05, 0) is 24.6 Å². The molecule has 1 N–H and O–H groups in total. The number of nitrogens with zero attached hydrogens (tertiary/aromatic N) is 2. The monoisotopic (exact) mass is 365 g/mol. The molecule has 0 bridgehead atoms. The number of aromatic amines is 1. The first-order valence-corrected chi connectivity index (χ1v) is 9.23. The summed E-state index contributed by atoms with van der Waals surface area (Å²) in [4.78, 5) is 30.0. The third-order valence-electron chi connectivity index (χ3n) is 5.21. The quantitative estimate of drug-likeness (QED) is 0.776. The van der Waals surface area contributed by atoms with E-state index in [0.29, 0.717) is 24.0 Å². The van der Waals surface area contributed by atoms with Crippen molar-refractivity contribution in [2.24, 2.45) is 7.05 Å². The predicted molar refractivity (Wildman–Crippen MR) is 104 cm³/mol. The normalized spacial score (nSPS) is 15.3. The molecule has 3 heterocycles. The van der Waals surface area contributed by atoms with Gasteiger partial charge in [-0.25, -0.2) is 0 Å². The van der Waals surface area contributed by atoms with Crippen molar-refractivity contribution in [3.63, 3.8) is 0 Å². The zero-order valence-electron chi connectivity index (χ0n) is 15.6. The molecule has 1 saturated heterocycles. The van der Waals surface area contributed by atoms with Gasteiger partial charge in [-0.2, -0.15) is 0 Å². The van der Waals surface area contributed by atoms with Crippen molar-refractivity contribution < 1.29 is 9.53 Å². The van der Waals surface area contributed by atoms with Crippen LogP contribution in [-0.2, 0) is 7.05 Å². The molecule has 0 unspecified atom stereocenters. The van der Waals surface area contributed by atoms with Crippen LogP contribution in [0, 0.1) is 6.92 Å². The van der Waals surface area contributed by atoms with Crippen LogP contribution in [0.4, 0.5) is 0 Å². The van der Waals surface area contributed by atoms with Crippen LogP contribution in [0.3, 0.4) is 0 Å². The van der Waals surface area contributed by atoms with E-state index in [1.54, 1.807) is 12.4 Å². The topological polar surface area (TPSA) is 67.3 Å². The average molecular weight is 365 g/mol. The average Bonchev–Trinajstić information content (AvgIpc) is 3.04. The van der Waals surface area contributed by atoms with E-state index in [1.165, 1.54) is 0 Å². The number of aromatic nitrogens is 2. The molecule has 1 aromatic carbocycles. The Kier molecular flexibility index (Phi) is 4.48. The number of hydrogen-bond acceptors (Lipinski definition) is 3.